The molecule has 2 saturated heterocycles. The van der Waals surface area contributed by atoms with E-state index in [1.54, 1.807) is 35.5 Å². The van der Waals surface area contributed by atoms with Crippen molar-refractivity contribution >= 4 is 35.2 Å². The number of carbonyl (C=O) groups excluding carboxylic acids is 3. The lowest BCUT2D eigenvalue weighted by Gasteiger charge is -2.33. The fraction of sp³-hybridized carbons (Fsp3) is 0.214. The van der Waals surface area contributed by atoms with E-state index >= 15 is 0 Å². The van der Waals surface area contributed by atoms with E-state index in [1.807, 2.05) is 24.3 Å². The number of rotatable bonds is 6. The Morgan fingerprint density at radius 1 is 0.949 bits per heavy atom. The molecule has 11 heteroatoms. The van der Waals surface area contributed by atoms with Crippen LogP contribution in [0.4, 0.5) is 11.4 Å². The number of hydrogen-bond acceptors (Lipinski definition) is 9. The van der Waals surface area contributed by atoms with Crippen molar-refractivity contribution in [1.82, 2.24) is 5.01 Å². The van der Waals surface area contributed by atoms with Gasteiger partial charge in [0.2, 0.25) is 11.8 Å². The summed E-state index contributed by atoms with van der Waals surface area (Å²) in [5, 5.41) is 17.6. The average Bonchev–Trinajstić information content (AvgIpc) is 3.44. The van der Waals surface area contributed by atoms with Gasteiger partial charge in [-0.3, -0.25) is 29.5 Å². The molecule has 3 aromatic carbocycles. The molecule has 0 saturated carbocycles. The predicted octanol–water partition coefficient (Wildman–Crippen LogP) is 3.37. The minimum atomic E-state index is -1.08. The van der Waals surface area contributed by atoms with E-state index in [0.29, 0.717) is 11.3 Å². The number of non-ortho nitro benzene ring substituents is 1. The molecule has 4 atom stereocenters. The largest absolute Gasteiger partial charge is 0.497 e. The maximum atomic E-state index is 14.1. The van der Waals surface area contributed by atoms with E-state index in [4.69, 9.17) is 9.47 Å². The maximum absolute atomic E-state index is 14.1. The lowest BCUT2D eigenvalue weighted by Crippen LogP contribution is -2.44. The number of nitro groups is 1. The van der Waals surface area contributed by atoms with Crippen molar-refractivity contribution in [2.24, 2.45) is 16.9 Å². The van der Waals surface area contributed by atoms with Crippen LogP contribution in [0.3, 0.4) is 0 Å². The molecule has 3 heterocycles. The van der Waals surface area contributed by atoms with Gasteiger partial charge in [0.05, 0.1) is 43.2 Å². The third-order valence-electron chi connectivity index (χ3n) is 7.55. The number of carbonyl (C=O) groups is 3. The summed E-state index contributed by atoms with van der Waals surface area (Å²) in [7, 11) is 2.86. The van der Waals surface area contributed by atoms with Gasteiger partial charge in [0.25, 0.3) is 5.69 Å². The zero-order valence-electron chi connectivity index (χ0n) is 20.9. The van der Waals surface area contributed by atoms with Crippen LogP contribution in [0, 0.1) is 22.0 Å². The Hall–Kier alpha value is -5.06. The number of amides is 2. The first-order valence-electron chi connectivity index (χ1n) is 12.2. The quantitative estimate of drug-likeness (QED) is 0.207. The van der Waals surface area contributed by atoms with Gasteiger partial charge in [-0.2, -0.15) is 5.10 Å². The Balaban J connectivity index is 1.50. The van der Waals surface area contributed by atoms with Crippen molar-refractivity contribution in [3.8, 4) is 11.5 Å². The van der Waals surface area contributed by atoms with Crippen molar-refractivity contribution in [2.75, 3.05) is 19.1 Å². The van der Waals surface area contributed by atoms with Crippen molar-refractivity contribution in [2.45, 2.75) is 12.1 Å². The summed E-state index contributed by atoms with van der Waals surface area (Å²) in [6.07, 6.45) is 1.62. The van der Waals surface area contributed by atoms with Crippen LogP contribution in [0.15, 0.2) is 71.8 Å². The first-order valence-corrected chi connectivity index (χ1v) is 12.2. The average molecular weight is 527 g/mol. The first kappa shape index (κ1) is 24.3. The van der Waals surface area contributed by atoms with Gasteiger partial charge in [-0.15, -0.1) is 0 Å². The van der Waals surface area contributed by atoms with Crippen LogP contribution < -0.4 is 14.4 Å². The molecule has 3 aliphatic rings. The molecule has 0 N–H and O–H groups in total. The van der Waals surface area contributed by atoms with E-state index in [1.165, 1.54) is 26.4 Å². The highest BCUT2D eigenvalue weighted by atomic mass is 16.6. The highest BCUT2D eigenvalue weighted by Gasteiger charge is 2.65. The number of fused-ring (bicyclic) bond motifs is 5. The molecule has 2 amide bonds. The fourth-order valence-corrected chi connectivity index (χ4v) is 5.80. The zero-order chi connectivity index (χ0) is 27.4. The van der Waals surface area contributed by atoms with Gasteiger partial charge < -0.3 is 9.47 Å². The standard InChI is InChI=1S/C28H22N4O7/c1-38-18-10-7-15(8-11-18)26(33)25-23-22(24-19-6-4-3-5-16(19)14-29-31(24)25)27(34)30(28(23)35)20-13-17(32(36)37)9-12-21(20)39-2/h3-14,22-25H,1-2H3/t22-,23+,24+,25+/m0/s1. The number of methoxy groups -OCH3 is 2. The van der Waals surface area contributed by atoms with Gasteiger partial charge in [-0.05, 0) is 41.5 Å². The summed E-state index contributed by atoms with van der Waals surface area (Å²) >= 11 is 0. The molecule has 0 bridgehead atoms. The maximum Gasteiger partial charge on any atom is 0.271 e. The summed E-state index contributed by atoms with van der Waals surface area (Å²) in [6, 6.07) is 15.8. The monoisotopic (exact) mass is 526 g/mol. The minimum Gasteiger partial charge on any atom is -0.497 e. The molecule has 0 spiro atoms. The Morgan fingerprint density at radius 3 is 2.36 bits per heavy atom. The van der Waals surface area contributed by atoms with E-state index < -0.39 is 40.7 Å². The number of benzene rings is 3. The normalized spacial score (nSPS) is 22.8. The number of ketones is 1. The molecular weight excluding hydrogens is 504 g/mol. The molecule has 11 nitrogen and oxygen atoms in total. The van der Waals surface area contributed by atoms with Crippen molar-refractivity contribution in [3.63, 3.8) is 0 Å². The van der Waals surface area contributed by atoms with Crippen LogP contribution in [0.25, 0.3) is 0 Å². The number of anilines is 1. The molecule has 0 aliphatic carbocycles. The summed E-state index contributed by atoms with van der Waals surface area (Å²) in [4.78, 5) is 53.9. The molecule has 196 valence electrons. The van der Waals surface area contributed by atoms with Crippen molar-refractivity contribution < 1.29 is 28.8 Å². The summed E-state index contributed by atoms with van der Waals surface area (Å²) in [6.45, 7) is 0. The SMILES string of the molecule is COc1ccc(C(=O)[C@H]2[C@@H]3C(=O)N(c4cc([N+](=O)[O-])ccc4OC)C(=O)[C@@H]3[C@H]3c4ccccc4C=NN32)cc1. The van der Waals surface area contributed by atoms with Gasteiger partial charge in [0.15, 0.2) is 5.78 Å². The van der Waals surface area contributed by atoms with E-state index in [-0.39, 0.29) is 22.9 Å². The second-order valence-corrected chi connectivity index (χ2v) is 9.41. The molecule has 3 aliphatic heterocycles. The van der Waals surface area contributed by atoms with Gasteiger partial charge in [0.1, 0.15) is 23.2 Å². The van der Waals surface area contributed by atoms with E-state index in [9.17, 15) is 24.5 Å². The molecular formula is C28H22N4O7. The van der Waals surface area contributed by atoms with Crippen molar-refractivity contribution in [3.05, 3.63) is 93.5 Å². The van der Waals surface area contributed by atoms with Crippen LogP contribution in [0.2, 0.25) is 0 Å². The highest BCUT2D eigenvalue weighted by Crippen LogP contribution is 2.54. The number of nitro benzene ring substituents is 1. The van der Waals surface area contributed by atoms with E-state index in [0.717, 1.165) is 22.1 Å². The molecule has 3 aromatic rings. The van der Waals surface area contributed by atoms with Crippen LogP contribution in [-0.2, 0) is 9.59 Å². The number of nitrogens with zero attached hydrogens (tertiary/aromatic N) is 4. The minimum absolute atomic E-state index is 0.0362. The topological polar surface area (TPSA) is 132 Å². The third kappa shape index (κ3) is 3.57. The van der Waals surface area contributed by atoms with Crippen LogP contribution in [-0.4, -0.2) is 54.0 Å². The second-order valence-electron chi connectivity index (χ2n) is 9.41. The molecule has 0 radical (unpaired) electrons. The molecule has 0 unspecified atom stereocenters. The Morgan fingerprint density at radius 2 is 1.67 bits per heavy atom. The molecule has 6 rings (SSSR count). The first-order chi connectivity index (χ1) is 18.8. The van der Waals surface area contributed by atoms with Gasteiger partial charge in [0, 0.05) is 17.7 Å². The zero-order valence-corrected chi connectivity index (χ0v) is 20.9. The van der Waals surface area contributed by atoms with Crippen molar-refractivity contribution in [1.29, 1.82) is 0 Å². The number of hydrogen-bond donors (Lipinski definition) is 0. The Kier molecular flexibility index (Phi) is 5.63. The Bertz CT molecular complexity index is 1570. The predicted molar refractivity (Wildman–Crippen MR) is 139 cm³/mol. The van der Waals surface area contributed by atoms with Crippen LogP contribution in [0.5, 0.6) is 11.5 Å². The lowest BCUT2D eigenvalue weighted by atomic mass is 9.83. The summed E-state index contributed by atoms with van der Waals surface area (Å²) in [5.41, 5.74) is 1.54. The van der Waals surface area contributed by atoms with Gasteiger partial charge >= 0.3 is 0 Å². The molecule has 2 fully saturated rings. The number of Topliss-reactive ketones (excluding diaryl/α,β-unsaturated/α-hetero) is 1. The lowest BCUT2D eigenvalue weighted by molar-refractivity contribution is -0.384. The van der Waals surface area contributed by atoms with Crippen LogP contribution in [0.1, 0.15) is 27.5 Å². The van der Waals surface area contributed by atoms with Crippen LogP contribution >= 0.6 is 0 Å². The Labute approximate surface area is 222 Å². The van der Waals surface area contributed by atoms with E-state index in [2.05, 4.69) is 5.10 Å². The number of ether oxygens (including phenoxy) is 2. The van der Waals surface area contributed by atoms with Gasteiger partial charge in [-0.25, -0.2) is 4.90 Å². The summed E-state index contributed by atoms with van der Waals surface area (Å²) < 4.78 is 10.6. The highest BCUT2D eigenvalue weighted by molar-refractivity contribution is 6.25. The van der Waals surface area contributed by atoms with Gasteiger partial charge in [-0.1, -0.05) is 24.3 Å². The number of imide groups is 1. The fourth-order valence-electron chi connectivity index (χ4n) is 5.80. The number of hydrazone groups is 1. The second kappa shape index (κ2) is 9.05. The summed E-state index contributed by atoms with van der Waals surface area (Å²) in [5.74, 6) is -2.93. The third-order valence-corrected chi connectivity index (χ3v) is 7.55. The smallest absolute Gasteiger partial charge is 0.271 e. The molecule has 0 aromatic heterocycles. The molecule has 39 heavy (non-hydrogen) atoms.